The van der Waals surface area contributed by atoms with E-state index in [2.05, 4.69) is 10.3 Å². The third-order valence-corrected chi connectivity index (χ3v) is 5.47. The first-order valence-corrected chi connectivity index (χ1v) is 9.77. The van der Waals surface area contributed by atoms with E-state index < -0.39 is 6.04 Å². The van der Waals surface area contributed by atoms with Gasteiger partial charge in [0.05, 0.1) is 11.6 Å². The van der Waals surface area contributed by atoms with Crippen molar-refractivity contribution in [3.63, 3.8) is 0 Å². The van der Waals surface area contributed by atoms with Gasteiger partial charge in [-0.05, 0) is 24.6 Å². The summed E-state index contributed by atoms with van der Waals surface area (Å²) in [5.74, 6) is 1.45. The molecule has 1 fully saturated rings. The van der Waals surface area contributed by atoms with Gasteiger partial charge in [0.15, 0.2) is 17.5 Å². The van der Waals surface area contributed by atoms with E-state index in [0.717, 1.165) is 23.0 Å². The molecule has 0 radical (unpaired) electrons. The summed E-state index contributed by atoms with van der Waals surface area (Å²) in [7, 11) is 1.67. The number of hydrogen-bond donors (Lipinski definition) is 0. The number of aromatic nitrogens is 3. The van der Waals surface area contributed by atoms with Gasteiger partial charge in [0.25, 0.3) is 5.91 Å². The van der Waals surface area contributed by atoms with Crippen molar-refractivity contribution in [2.45, 2.75) is 18.5 Å². The van der Waals surface area contributed by atoms with Crippen molar-refractivity contribution in [2.75, 3.05) is 33.5 Å². The van der Waals surface area contributed by atoms with Crippen LogP contribution in [0.1, 0.15) is 24.1 Å². The summed E-state index contributed by atoms with van der Waals surface area (Å²) in [6, 6.07) is 12.8. The predicted octanol–water partition coefficient (Wildman–Crippen LogP) is 2.36. The van der Waals surface area contributed by atoms with Gasteiger partial charge in [-0.1, -0.05) is 29.5 Å². The van der Waals surface area contributed by atoms with E-state index in [-0.39, 0.29) is 11.9 Å². The number of carbonyl (C=O) groups is 1. The highest BCUT2D eigenvalue weighted by molar-refractivity contribution is 5.90. The number of rotatable bonds is 6. The molecule has 0 spiro atoms. The highest BCUT2D eigenvalue weighted by Gasteiger charge is 2.51. The van der Waals surface area contributed by atoms with Crippen LogP contribution in [0.4, 0.5) is 0 Å². The molecular formula is C21H22N4O4. The van der Waals surface area contributed by atoms with Crippen LogP contribution in [0.5, 0.6) is 11.5 Å². The largest absolute Gasteiger partial charge is 0.486 e. The summed E-state index contributed by atoms with van der Waals surface area (Å²) >= 11 is 0. The molecule has 8 nitrogen and oxygen atoms in total. The average Bonchev–Trinajstić information content (AvgIpc) is 3.18. The first-order valence-electron chi connectivity index (χ1n) is 9.77. The van der Waals surface area contributed by atoms with Gasteiger partial charge < -0.3 is 19.1 Å². The first kappa shape index (κ1) is 17.9. The molecule has 1 saturated heterocycles. The molecule has 0 bridgehead atoms. The van der Waals surface area contributed by atoms with E-state index in [4.69, 9.17) is 14.2 Å². The number of fused-ring (bicyclic) bond motifs is 2. The lowest BCUT2D eigenvalue weighted by Crippen LogP contribution is -2.56. The summed E-state index contributed by atoms with van der Waals surface area (Å²) in [5, 5.41) is 8.55. The fourth-order valence-electron chi connectivity index (χ4n) is 4.16. The number of likely N-dealkylation sites (tertiary alicyclic amines) is 1. The lowest BCUT2D eigenvalue weighted by molar-refractivity contribution is -0.156. The van der Waals surface area contributed by atoms with Gasteiger partial charge in [0, 0.05) is 25.8 Å². The quantitative estimate of drug-likeness (QED) is 0.472. The van der Waals surface area contributed by atoms with E-state index in [1.165, 1.54) is 0 Å². The maximum atomic E-state index is 13.2. The van der Waals surface area contributed by atoms with Crippen LogP contribution in [0.3, 0.4) is 0 Å². The van der Waals surface area contributed by atoms with Crippen LogP contribution in [0, 0.1) is 0 Å². The third-order valence-electron chi connectivity index (χ3n) is 5.47. The smallest absolute Gasteiger partial charge is 0.250 e. The molecule has 8 heteroatoms. The summed E-state index contributed by atoms with van der Waals surface area (Å²) in [5.41, 5.74) is 2.55. The molecule has 150 valence electrons. The van der Waals surface area contributed by atoms with Crippen molar-refractivity contribution >= 4 is 16.9 Å². The highest BCUT2D eigenvalue weighted by atomic mass is 16.6. The van der Waals surface area contributed by atoms with Crippen molar-refractivity contribution in [1.82, 2.24) is 19.9 Å². The van der Waals surface area contributed by atoms with Crippen molar-refractivity contribution in [2.24, 2.45) is 0 Å². The molecule has 2 aliphatic heterocycles. The Kier molecular flexibility index (Phi) is 4.55. The molecule has 5 rings (SSSR count). The Morgan fingerprint density at radius 2 is 1.97 bits per heavy atom. The van der Waals surface area contributed by atoms with Crippen molar-refractivity contribution in [3.8, 4) is 11.5 Å². The van der Waals surface area contributed by atoms with Gasteiger partial charge in [-0.25, -0.2) is 4.68 Å². The molecule has 2 atom stereocenters. The zero-order valence-electron chi connectivity index (χ0n) is 16.2. The second-order valence-electron chi connectivity index (χ2n) is 7.16. The second-order valence-corrected chi connectivity index (χ2v) is 7.16. The Bertz CT molecular complexity index is 1050. The van der Waals surface area contributed by atoms with Crippen LogP contribution < -0.4 is 9.47 Å². The Morgan fingerprint density at radius 3 is 2.86 bits per heavy atom. The molecule has 3 aromatic rings. The first-order chi connectivity index (χ1) is 14.3. The third kappa shape index (κ3) is 2.91. The number of nitrogens with zero attached hydrogens (tertiary/aromatic N) is 4. The Morgan fingerprint density at radius 1 is 1.10 bits per heavy atom. The molecule has 2 aromatic carbocycles. The van der Waals surface area contributed by atoms with Gasteiger partial charge in [-0.3, -0.25) is 4.79 Å². The summed E-state index contributed by atoms with van der Waals surface area (Å²) in [6.45, 7) is 2.21. The number of ether oxygens (including phenoxy) is 3. The van der Waals surface area contributed by atoms with Gasteiger partial charge in [0.1, 0.15) is 18.7 Å². The zero-order chi connectivity index (χ0) is 19.8. The summed E-state index contributed by atoms with van der Waals surface area (Å²) in [4.78, 5) is 15.0. The van der Waals surface area contributed by atoms with Crippen molar-refractivity contribution < 1.29 is 19.0 Å². The summed E-state index contributed by atoms with van der Waals surface area (Å²) < 4.78 is 18.6. The highest BCUT2D eigenvalue weighted by Crippen LogP contribution is 2.49. The Hall–Kier alpha value is -3.13. The molecule has 0 N–H and O–H groups in total. The minimum atomic E-state index is -0.470. The molecule has 0 aliphatic carbocycles. The monoisotopic (exact) mass is 394 g/mol. The van der Waals surface area contributed by atoms with Crippen molar-refractivity contribution in [1.29, 1.82) is 0 Å². The lowest BCUT2D eigenvalue weighted by Gasteiger charge is -2.47. The Labute approximate surface area is 168 Å². The number of amides is 1. The molecule has 2 aliphatic rings. The molecule has 3 heterocycles. The van der Waals surface area contributed by atoms with Crippen LogP contribution in [0.2, 0.25) is 0 Å². The Balaban J connectivity index is 1.57. The number of benzene rings is 2. The number of carbonyl (C=O) groups excluding carboxylic acids is 1. The van der Waals surface area contributed by atoms with E-state index in [1.54, 1.807) is 11.8 Å². The fourth-order valence-corrected chi connectivity index (χ4v) is 4.16. The molecule has 0 unspecified atom stereocenters. The maximum absolute atomic E-state index is 13.2. The second kappa shape index (κ2) is 7.36. The number of methoxy groups -OCH3 is 1. The molecule has 1 aromatic heterocycles. The SMILES string of the molecule is COCCCN1C(=O)[C@@H](n2nnc3ccccc32)[C@@H]1c1cccc2c1OCCO2. The van der Waals surface area contributed by atoms with Crippen LogP contribution >= 0.6 is 0 Å². The van der Waals surface area contributed by atoms with Gasteiger partial charge in [-0.2, -0.15) is 0 Å². The van der Waals surface area contributed by atoms with E-state index in [0.29, 0.717) is 37.9 Å². The van der Waals surface area contributed by atoms with Gasteiger partial charge in [-0.15, -0.1) is 5.10 Å². The topological polar surface area (TPSA) is 78.7 Å². The number of para-hydroxylation sites is 2. The van der Waals surface area contributed by atoms with Crippen LogP contribution in [-0.4, -0.2) is 59.3 Å². The maximum Gasteiger partial charge on any atom is 0.250 e. The standard InChI is InChI=1S/C21H22N4O4/c1-27-11-5-10-24-18(14-6-4-9-17-20(14)29-13-12-28-17)19(21(24)26)25-16-8-3-2-7-15(16)22-23-25/h2-4,6-9,18-19H,5,10-13H2,1H3/t18-,19-/m0/s1. The summed E-state index contributed by atoms with van der Waals surface area (Å²) in [6.07, 6.45) is 0.760. The molecule has 1 amide bonds. The molecule has 29 heavy (non-hydrogen) atoms. The lowest BCUT2D eigenvalue weighted by atomic mass is 9.87. The number of hydrogen-bond acceptors (Lipinski definition) is 6. The van der Waals surface area contributed by atoms with Crippen LogP contribution in [-0.2, 0) is 9.53 Å². The molecular weight excluding hydrogens is 372 g/mol. The predicted molar refractivity (Wildman–Crippen MR) is 105 cm³/mol. The average molecular weight is 394 g/mol. The minimum absolute atomic E-state index is 0.0242. The van der Waals surface area contributed by atoms with E-state index in [9.17, 15) is 4.79 Å². The zero-order valence-corrected chi connectivity index (χ0v) is 16.2. The normalized spacial score (nSPS) is 20.7. The van der Waals surface area contributed by atoms with Crippen molar-refractivity contribution in [3.05, 3.63) is 48.0 Å². The van der Waals surface area contributed by atoms with E-state index >= 15 is 0 Å². The minimum Gasteiger partial charge on any atom is -0.486 e. The van der Waals surface area contributed by atoms with Crippen LogP contribution in [0.25, 0.3) is 11.0 Å². The number of β-lactam (4-membered cyclic amide) rings is 1. The van der Waals surface area contributed by atoms with E-state index in [1.807, 2.05) is 47.4 Å². The van der Waals surface area contributed by atoms with Gasteiger partial charge >= 0.3 is 0 Å². The van der Waals surface area contributed by atoms with Crippen LogP contribution in [0.15, 0.2) is 42.5 Å². The fraction of sp³-hybridized carbons (Fsp3) is 0.381. The molecule has 0 saturated carbocycles. The van der Waals surface area contributed by atoms with Gasteiger partial charge in [0.2, 0.25) is 0 Å².